The van der Waals surface area contributed by atoms with Gasteiger partial charge in [0.05, 0.1) is 6.04 Å². The van der Waals surface area contributed by atoms with E-state index in [-0.39, 0.29) is 18.0 Å². The highest BCUT2D eigenvalue weighted by atomic mass is 16.2. The van der Waals surface area contributed by atoms with Crippen LogP contribution in [0.2, 0.25) is 0 Å². The summed E-state index contributed by atoms with van der Waals surface area (Å²) in [6.45, 7) is 3.99. The van der Waals surface area contributed by atoms with Crippen molar-refractivity contribution in [2.75, 3.05) is 4.90 Å². The standard InChI is InChI=1S/C11H14N2O/c1-7-3-5-9(6-4-7)13-8(2)10(12)11(13)14/h3-6,8,10H,12H2,1-2H3/t8-,10-/m0/s1. The Hall–Kier alpha value is -1.35. The number of carbonyl (C=O) groups is 1. The van der Waals surface area contributed by atoms with Crippen molar-refractivity contribution in [3.63, 3.8) is 0 Å². The number of amides is 1. The van der Waals surface area contributed by atoms with Gasteiger partial charge >= 0.3 is 0 Å². The lowest BCUT2D eigenvalue weighted by molar-refractivity contribution is -0.125. The van der Waals surface area contributed by atoms with Gasteiger partial charge in [0.1, 0.15) is 6.04 Å². The van der Waals surface area contributed by atoms with Gasteiger partial charge in [-0.3, -0.25) is 4.79 Å². The third-order valence-corrected chi connectivity index (χ3v) is 2.76. The number of carbonyl (C=O) groups excluding carboxylic acids is 1. The first kappa shape index (κ1) is 9.21. The summed E-state index contributed by atoms with van der Waals surface area (Å²) in [4.78, 5) is 13.2. The molecule has 2 N–H and O–H groups in total. The highest BCUT2D eigenvalue weighted by Crippen LogP contribution is 2.26. The van der Waals surface area contributed by atoms with Crippen molar-refractivity contribution in [1.82, 2.24) is 0 Å². The van der Waals surface area contributed by atoms with E-state index < -0.39 is 0 Å². The van der Waals surface area contributed by atoms with E-state index in [9.17, 15) is 4.79 Å². The molecule has 74 valence electrons. The van der Waals surface area contributed by atoms with E-state index in [0.29, 0.717) is 0 Å². The smallest absolute Gasteiger partial charge is 0.246 e. The zero-order chi connectivity index (χ0) is 10.3. The normalized spacial score (nSPS) is 26.2. The quantitative estimate of drug-likeness (QED) is 0.673. The van der Waals surface area contributed by atoms with Crippen LogP contribution in [0.15, 0.2) is 24.3 Å². The maximum atomic E-state index is 11.5. The van der Waals surface area contributed by atoms with Crippen LogP contribution in [-0.4, -0.2) is 18.0 Å². The van der Waals surface area contributed by atoms with E-state index in [4.69, 9.17) is 5.73 Å². The molecule has 1 aliphatic heterocycles. The Morgan fingerprint density at radius 1 is 1.29 bits per heavy atom. The second-order valence-electron chi connectivity index (χ2n) is 3.81. The minimum Gasteiger partial charge on any atom is -0.318 e. The van der Waals surface area contributed by atoms with E-state index >= 15 is 0 Å². The number of anilines is 1. The van der Waals surface area contributed by atoms with Gasteiger partial charge in [-0.05, 0) is 26.0 Å². The van der Waals surface area contributed by atoms with E-state index in [1.165, 1.54) is 5.56 Å². The van der Waals surface area contributed by atoms with Gasteiger partial charge in [0.25, 0.3) is 0 Å². The van der Waals surface area contributed by atoms with Crippen molar-refractivity contribution in [2.24, 2.45) is 5.73 Å². The summed E-state index contributed by atoms with van der Waals surface area (Å²) < 4.78 is 0. The number of nitrogens with zero attached hydrogens (tertiary/aromatic N) is 1. The molecule has 1 heterocycles. The second kappa shape index (κ2) is 3.10. The van der Waals surface area contributed by atoms with Crippen LogP contribution < -0.4 is 10.6 Å². The third-order valence-electron chi connectivity index (χ3n) is 2.76. The molecular weight excluding hydrogens is 176 g/mol. The van der Waals surface area contributed by atoms with Crippen molar-refractivity contribution in [3.8, 4) is 0 Å². The van der Waals surface area contributed by atoms with Crippen LogP contribution in [0.5, 0.6) is 0 Å². The number of rotatable bonds is 1. The lowest BCUT2D eigenvalue weighted by Gasteiger charge is -2.43. The fraction of sp³-hybridized carbons (Fsp3) is 0.364. The number of β-lactam (4-membered cyclic amide) rings is 1. The molecule has 1 amide bonds. The summed E-state index contributed by atoms with van der Waals surface area (Å²) in [7, 11) is 0. The number of benzene rings is 1. The second-order valence-corrected chi connectivity index (χ2v) is 3.81. The Bertz CT molecular complexity index is 358. The van der Waals surface area contributed by atoms with Gasteiger partial charge in [-0.25, -0.2) is 0 Å². The largest absolute Gasteiger partial charge is 0.318 e. The van der Waals surface area contributed by atoms with E-state index in [2.05, 4.69) is 0 Å². The average Bonchev–Trinajstić information content (AvgIpc) is 2.21. The first-order chi connectivity index (χ1) is 6.61. The van der Waals surface area contributed by atoms with Gasteiger partial charge in [-0.15, -0.1) is 0 Å². The van der Waals surface area contributed by atoms with Gasteiger partial charge in [-0.1, -0.05) is 17.7 Å². The fourth-order valence-corrected chi connectivity index (χ4v) is 1.71. The lowest BCUT2D eigenvalue weighted by Crippen LogP contribution is -2.67. The Labute approximate surface area is 83.5 Å². The minimum atomic E-state index is -0.323. The lowest BCUT2D eigenvalue weighted by atomic mass is 9.96. The Morgan fingerprint density at radius 3 is 2.36 bits per heavy atom. The maximum absolute atomic E-state index is 11.5. The van der Waals surface area contributed by atoms with Crippen LogP contribution in [0.25, 0.3) is 0 Å². The van der Waals surface area contributed by atoms with Crippen LogP contribution in [-0.2, 0) is 4.79 Å². The summed E-state index contributed by atoms with van der Waals surface area (Å²) in [6.07, 6.45) is 0. The van der Waals surface area contributed by atoms with Gasteiger partial charge in [-0.2, -0.15) is 0 Å². The summed E-state index contributed by atoms with van der Waals surface area (Å²) in [5.74, 6) is 0.0151. The van der Waals surface area contributed by atoms with Crippen molar-refractivity contribution in [3.05, 3.63) is 29.8 Å². The molecule has 1 aromatic rings. The molecular formula is C11H14N2O. The number of hydrogen-bond donors (Lipinski definition) is 1. The van der Waals surface area contributed by atoms with Crippen molar-refractivity contribution in [2.45, 2.75) is 25.9 Å². The Balaban J connectivity index is 2.25. The monoisotopic (exact) mass is 190 g/mol. The van der Waals surface area contributed by atoms with Crippen LogP contribution in [0.3, 0.4) is 0 Å². The molecule has 0 aliphatic carbocycles. The number of aryl methyl sites for hydroxylation is 1. The summed E-state index contributed by atoms with van der Waals surface area (Å²) in [6, 6.07) is 7.70. The van der Waals surface area contributed by atoms with Gasteiger partial charge in [0, 0.05) is 5.69 Å². The van der Waals surface area contributed by atoms with Crippen LogP contribution in [0.4, 0.5) is 5.69 Å². The molecule has 14 heavy (non-hydrogen) atoms. The Kier molecular flexibility index (Phi) is 2.04. The molecule has 0 bridgehead atoms. The molecule has 0 spiro atoms. The molecule has 0 unspecified atom stereocenters. The summed E-state index contributed by atoms with van der Waals surface area (Å²) >= 11 is 0. The highest BCUT2D eigenvalue weighted by molar-refractivity contribution is 6.05. The minimum absolute atomic E-state index is 0.0151. The predicted octanol–water partition coefficient (Wildman–Crippen LogP) is 1.06. The SMILES string of the molecule is Cc1ccc(N2C(=O)[C@@H](N)[C@@H]2C)cc1. The van der Waals surface area contributed by atoms with E-state index in [1.54, 1.807) is 4.90 Å². The first-order valence-corrected chi connectivity index (χ1v) is 4.76. The van der Waals surface area contributed by atoms with Gasteiger partial charge < -0.3 is 10.6 Å². The zero-order valence-corrected chi connectivity index (χ0v) is 8.40. The molecule has 0 aromatic heterocycles. The molecule has 0 radical (unpaired) electrons. The van der Waals surface area contributed by atoms with Crippen LogP contribution >= 0.6 is 0 Å². The number of hydrogen-bond acceptors (Lipinski definition) is 2. The van der Waals surface area contributed by atoms with Gasteiger partial charge in [0.2, 0.25) is 5.91 Å². The fourth-order valence-electron chi connectivity index (χ4n) is 1.71. The molecule has 3 heteroatoms. The highest BCUT2D eigenvalue weighted by Gasteiger charge is 2.42. The van der Waals surface area contributed by atoms with E-state index in [1.807, 2.05) is 38.1 Å². The first-order valence-electron chi connectivity index (χ1n) is 4.76. The molecule has 0 saturated carbocycles. The summed E-state index contributed by atoms with van der Waals surface area (Å²) in [5, 5.41) is 0. The molecule has 1 aromatic carbocycles. The van der Waals surface area contributed by atoms with Crippen LogP contribution in [0, 0.1) is 6.92 Å². The molecule has 1 saturated heterocycles. The van der Waals surface area contributed by atoms with Gasteiger partial charge in [0.15, 0.2) is 0 Å². The van der Waals surface area contributed by atoms with Crippen molar-refractivity contribution >= 4 is 11.6 Å². The zero-order valence-electron chi connectivity index (χ0n) is 8.40. The average molecular weight is 190 g/mol. The number of nitrogens with two attached hydrogens (primary N) is 1. The molecule has 1 fully saturated rings. The molecule has 2 rings (SSSR count). The maximum Gasteiger partial charge on any atom is 0.246 e. The van der Waals surface area contributed by atoms with Crippen molar-refractivity contribution < 1.29 is 4.79 Å². The summed E-state index contributed by atoms with van der Waals surface area (Å²) in [5.41, 5.74) is 7.76. The molecule has 1 aliphatic rings. The third kappa shape index (κ3) is 1.21. The topological polar surface area (TPSA) is 46.3 Å². The van der Waals surface area contributed by atoms with Crippen LogP contribution in [0.1, 0.15) is 12.5 Å². The van der Waals surface area contributed by atoms with Crippen molar-refractivity contribution in [1.29, 1.82) is 0 Å². The van der Waals surface area contributed by atoms with E-state index in [0.717, 1.165) is 5.69 Å². The molecule has 2 atom stereocenters. The Morgan fingerprint density at radius 2 is 1.86 bits per heavy atom. The predicted molar refractivity (Wildman–Crippen MR) is 56.1 cm³/mol. The molecule has 3 nitrogen and oxygen atoms in total.